The molecule has 0 fully saturated rings. The van der Waals surface area contributed by atoms with Gasteiger partial charge in [-0.2, -0.15) is 5.10 Å². The van der Waals surface area contributed by atoms with Crippen molar-refractivity contribution in [3.63, 3.8) is 0 Å². The van der Waals surface area contributed by atoms with Crippen LogP contribution in [0.3, 0.4) is 0 Å². The first kappa shape index (κ1) is 22.1. The van der Waals surface area contributed by atoms with E-state index in [9.17, 15) is 14.4 Å². The summed E-state index contributed by atoms with van der Waals surface area (Å²) in [5.41, 5.74) is 5.38. The highest BCUT2D eigenvalue weighted by Crippen LogP contribution is 2.25. The molecule has 0 spiro atoms. The molecular formula is C20H21BrN4O4. The molecule has 0 atom stereocenters. The van der Waals surface area contributed by atoms with E-state index in [-0.39, 0.29) is 12.5 Å². The van der Waals surface area contributed by atoms with E-state index in [0.717, 1.165) is 21.3 Å². The fraction of sp³-hybridized carbons (Fsp3) is 0.200. The van der Waals surface area contributed by atoms with Crippen LogP contribution in [0, 0.1) is 13.8 Å². The molecule has 8 nitrogen and oxygen atoms in total. The second kappa shape index (κ2) is 10.4. The number of anilines is 1. The molecule has 0 aliphatic rings. The van der Waals surface area contributed by atoms with Crippen LogP contribution in [0.5, 0.6) is 5.75 Å². The van der Waals surface area contributed by atoms with Crippen molar-refractivity contribution in [3.8, 4) is 5.75 Å². The number of carbonyl (C=O) groups excluding carboxylic acids is 3. The Morgan fingerprint density at radius 2 is 1.79 bits per heavy atom. The van der Waals surface area contributed by atoms with E-state index in [1.807, 2.05) is 26.0 Å². The summed E-state index contributed by atoms with van der Waals surface area (Å²) in [4.78, 5) is 34.6. The SMILES string of the molecule is CNC(=O)C(=O)N/N=C\c1cccc(OCC(=O)Nc2c(C)cc(Br)cc2C)c1. The zero-order valence-electron chi connectivity index (χ0n) is 16.2. The van der Waals surface area contributed by atoms with Gasteiger partial charge in [0.05, 0.1) is 6.21 Å². The predicted molar refractivity (Wildman–Crippen MR) is 114 cm³/mol. The summed E-state index contributed by atoms with van der Waals surface area (Å²) < 4.78 is 6.48. The fourth-order valence-corrected chi connectivity index (χ4v) is 3.13. The number of benzene rings is 2. The monoisotopic (exact) mass is 460 g/mol. The van der Waals surface area contributed by atoms with E-state index < -0.39 is 11.8 Å². The lowest BCUT2D eigenvalue weighted by molar-refractivity contribution is -0.138. The van der Waals surface area contributed by atoms with E-state index >= 15 is 0 Å². The van der Waals surface area contributed by atoms with Crippen molar-refractivity contribution in [1.82, 2.24) is 10.7 Å². The number of rotatable bonds is 6. The number of aryl methyl sites for hydroxylation is 2. The summed E-state index contributed by atoms with van der Waals surface area (Å²) in [7, 11) is 1.35. The van der Waals surface area contributed by atoms with Crippen LogP contribution >= 0.6 is 15.9 Å². The van der Waals surface area contributed by atoms with Crippen LogP contribution in [0.25, 0.3) is 0 Å². The number of likely N-dealkylation sites (N-methyl/N-ethyl adjacent to an activating group) is 1. The predicted octanol–water partition coefficient (Wildman–Crippen LogP) is 2.28. The van der Waals surface area contributed by atoms with Crippen molar-refractivity contribution in [3.05, 3.63) is 57.6 Å². The van der Waals surface area contributed by atoms with E-state index in [0.29, 0.717) is 11.3 Å². The Balaban J connectivity index is 1.93. The molecule has 0 radical (unpaired) electrons. The number of hydrogen-bond acceptors (Lipinski definition) is 5. The van der Waals surface area contributed by atoms with Crippen LogP contribution in [0.4, 0.5) is 5.69 Å². The minimum Gasteiger partial charge on any atom is -0.484 e. The molecule has 0 aliphatic heterocycles. The van der Waals surface area contributed by atoms with Gasteiger partial charge in [0.25, 0.3) is 5.91 Å². The van der Waals surface area contributed by atoms with Crippen molar-refractivity contribution in [2.45, 2.75) is 13.8 Å². The number of hydrogen-bond donors (Lipinski definition) is 3. The number of carbonyl (C=O) groups is 3. The minimum absolute atomic E-state index is 0.164. The van der Waals surface area contributed by atoms with Crippen LogP contribution in [-0.2, 0) is 14.4 Å². The molecule has 2 rings (SSSR count). The Hall–Kier alpha value is -3.20. The zero-order valence-corrected chi connectivity index (χ0v) is 17.8. The molecule has 0 bridgehead atoms. The smallest absolute Gasteiger partial charge is 0.329 e. The first-order valence-corrected chi connectivity index (χ1v) is 9.44. The van der Waals surface area contributed by atoms with Crippen LogP contribution in [0.2, 0.25) is 0 Å². The molecule has 2 aromatic rings. The minimum atomic E-state index is -0.869. The summed E-state index contributed by atoms with van der Waals surface area (Å²) >= 11 is 3.43. The lowest BCUT2D eigenvalue weighted by Gasteiger charge is -2.13. The third-order valence-electron chi connectivity index (χ3n) is 3.80. The molecule has 0 saturated carbocycles. The lowest BCUT2D eigenvalue weighted by atomic mass is 10.1. The third kappa shape index (κ3) is 6.72. The van der Waals surface area contributed by atoms with Crippen molar-refractivity contribution in [1.29, 1.82) is 0 Å². The van der Waals surface area contributed by atoms with Crippen LogP contribution in [0.1, 0.15) is 16.7 Å². The molecular weight excluding hydrogens is 440 g/mol. The Labute approximate surface area is 176 Å². The number of nitrogens with zero attached hydrogens (tertiary/aromatic N) is 1. The molecule has 152 valence electrons. The van der Waals surface area contributed by atoms with Gasteiger partial charge in [-0.15, -0.1) is 0 Å². The third-order valence-corrected chi connectivity index (χ3v) is 4.26. The largest absolute Gasteiger partial charge is 0.484 e. The van der Waals surface area contributed by atoms with Gasteiger partial charge in [0.2, 0.25) is 0 Å². The first-order valence-electron chi connectivity index (χ1n) is 8.64. The molecule has 0 saturated heterocycles. The summed E-state index contributed by atoms with van der Waals surface area (Å²) in [5.74, 6) is -1.48. The molecule has 0 unspecified atom stereocenters. The highest BCUT2D eigenvalue weighted by atomic mass is 79.9. The van der Waals surface area contributed by atoms with E-state index in [4.69, 9.17) is 4.74 Å². The molecule has 3 N–H and O–H groups in total. The number of amides is 3. The zero-order chi connectivity index (χ0) is 21.4. The quantitative estimate of drug-likeness (QED) is 0.349. The first-order chi connectivity index (χ1) is 13.8. The van der Waals surface area contributed by atoms with Gasteiger partial charge in [0, 0.05) is 17.2 Å². The standard InChI is InChI=1S/C20H21BrN4O4/c1-12-7-15(21)8-13(2)18(12)24-17(26)11-29-16-6-4-5-14(9-16)10-23-25-20(28)19(27)22-3/h4-10H,11H2,1-3H3,(H,22,27)(H,24,26)(H,25,28)/b23-10-. The molecule has 0 aliphatic carbocycles. The van der Waals surface area contributed by atoms with Crippen molar-refractivity contribution < 1.29 is 19.1 Å². The summed E-state index contributed by atoms with van der Waals surface area (Å²) in [6.45, 7) is 3.67. The highest BCUT2D eigenvalue weighted by molar-refractivity contribution is 9.10. The average molecular weight is 461 g/mol. The van der Waals surface area contributed by atoms with Gasteiger partial charge in [0.1, 0.15) is 5.75 Å². The molecule has 0 heterocycles. The van der Waals surface area contributed by atoms with Gasteiger partial charge in [-0.3, -0.25) is 14.4 Å². The number of nitrogens with one attached hydrogen (secondary N) is 3. The molecule has 3 amide bonds. The Morgan fingerprint density at radius 1 is 1.10 bits per heavy atom. The fourth-order valence-electron chi connectivity index (χ4n) is 2.45. The van der Waals surface area contributed by atoms with Gasteiger partial charge in [-0.25, -0.2) is 5.43 Å². The van der Waals surface area contributed by atoms with E-state index in [2.05, 4.69) is 37.1 Å². The Bertz CT molecular complexity index is 936. The van der Waals surface area contributed by atoms with E-state index in [1.54, 1.807) is 24.3 Å². The maximum atomic E-state index is 12.2. The van der Waals surface area contributed by atoms with Crippen molar-refractivity contribution in [2.24, 2.45) is 5.10 Å². The van der Waals surface area contributed by atoms with Crippen molar-refractivity contribution in [2.75, 3.05) is 19.0 Å². The van der Waals surface area contributed by atoms with Gasteiger partial charge in [-0.1, -0.05) is 28.1 Å². The van der Waals surface area contributed by atoms with Crippen LogP contribution < -0.4 is 20.8 Å². The Morgan fingerprint density at radius 3 is 2.45 bits per heavy atom. The highest BCUT2D eigenvalue weighted by Gasteiger charge is 2.10. The average Bonchev–Trinajstić information content (AvgIpc) is 2.68. The van der Waals surface area contributed by atoms with Crippen LogP contribution in [-0.4, -0.2) is 37.6 Å². The topological polar surface area (TPSA) is 109 Å². The van der Waals surface area contributed by atoms with Gasteiger partial charge in [-0.05, 0) is 54.8 Å². The number of halogens is 1. The maximum Gasteiger partial charge on any atom is 0.329 e. The summed E-state index contributed by atoms with van der Waals surface area (Å²) in [6, 6.07) is 10.7. The molecule has 2 aromatic carbocycles. The number of ether oxygens (including phenoxy) is 1. The van der Waals surface area contributed by atoms with Crippen molar-refractivity contribution >= 4 is 45.6 Å². The summed E-state index contributed by atoms with van der Waals surface area (Å²) in [5, 5.41) is 8.75. The van der Waals surface area contributed by atoms with Gasteiger partial charge < -0.3 is 15.4 Å². The van der Waals surface area contributed by atoms with Gasteiger partial charge >= 0.3 is 11.8 Å². The molecule has 0 aromatic heterocycles. The number of hydrazone groups is 1. The second-order valence-corrected chi connectivity index (χ2v) is 7.02. The molecule has 29 heavy (non-hydrogen) atoms. The summed E-state index contributed by atoms with van der Waals surface area (Å²) in [6.07, 6.45) is 1.36. The van der Waals surface area contributed by atoms with Gasteiger partial charge in [0.15, 0.2) is 6.61 Å². The normalized spacial score (nSPS) is 10.5. The second-order valence-electron chi connectivity index (χ2n) is 6.10. The van der Waals surface area contributed by atoms with Crippen LogP contribution in [0.15, 0.2) is 46.0 Å². The molecule has 9 heteroatoms. The lowest BCUT2D eigenvalue weighted by Crippen LogP contribution is -2.35. The Kier molecular flexibility index (Phi) is 7.90. The maximum absolute atomic E-state index is 12.2. The van der Waals surface area contributed by atoms with E-state index in [1.165, 1.54) is 13.3 Å².